The van der Waals surface area contributed by atoms with Gasteiger partial charge >= 0.3 is 17.9 Å². The van der Waals surface area contributed by atoms with Gasteiger partial charge in [0.25, 0.3) is 0 Å². The molecule has 6 heteroatoms. The lowest BCUT2D eigenvalue weighted by molar-refractivity contribution is -0.174. The van der Waals surface area contributed by atoms with Crippen LogP contribution in [0.1, 0.15) is 118 Å². The zero-order chi connectivity index (χ0) is 22.8. The molecular formula is C24H44O6. The molecule has 30 heavy (non-hydrogen) atoms. The molecule has 0 amide bonds. The fraction of sp³-hybridized carbons (Fsp3) is 0.875. The van der Waals surface area contributed by atoms with Crippen LogP contribution in [-0.4, -0.2) is 35.2 Å². The van der Waals surface area contributed by atoms with Gasteiger partial charge in [-0.2, -0.15) is 0 Å². The first-order valence-corrected chi connectivity index (χ1v) is 11.9. The zero-order valence-electron chi connectivity index (χ0n) is 19.6. The predicted molar refractivity (Wildman–Crippen MR) is 118 cm³/mol. The van der Waals surface area contributed by atoms with E-state index in [2.05, 4.69) is 18.6 Å². The Balaban J connectivity index is 3.48. The van der Waals surface area contributed by atoms with E-state index in [0.717, 1.165) is 25.2 Å². The van der Waals surface area contributed by atoms with Crippen molar-refractivity contribution in [3.05, 3.63) is 0 Å². The van der Waals surface area contributed by atoms with Gasteiger partial charge in [-0.05, 0) is 26.2 Å². The van der Waals surface area contributed by atoms with Crippen molar-refractivity contribution in [2.75, 3.05) is 0 Å². The van der Waals surface area contributed by atoms with Crippen molar-refractivity contribution in [1.29, 1.82) is 0 Å². The molecule has 0 aromatic carbocycles. The lowest BCUT2D eigenvalue weighted by Crippen LogP contribution is -2.32. The Morgan fingerprint density at radius 1 is 0.633 bits per heavy atom. The number of aliphatic carboxylic acids is 1. The molecule has 1 N–H and O–H groups in total. The lowest BCUT2D eigenvalue weighted by atomic mass is 10.0. The van der Waals surface area contributed by atoms with Crippen LogP contribution in [0.5, 0.6) is 0 Å². The van der Waals surface area contributed by atoms with Crippen LogP contribution in [0.3, 0.4) is 0 Å². The molecule has 0 spiro atoms. The van der Waals surface area contributed by atoms with E-state index >= 15 is 0 Å². The summed E-state index contributed by atoms with van der Waals surface area (Å²) in [6, 6.07) is 0. The first kappa shape index (κ1) is 28.4. The molecule has 0 aliphatic carbocycles. The predicted octanol–water partition coefficient (Wildman–Crippen LogP) is 6.05. The van der Waals surface area contributed by atoms with Crippen LogP contribution in [-0.2, 0) is 23.9 Å². The number of rotatable bonds is 19. The first-order valence-electron chi connectivity index (χ1n) is 11.9. The summed E-state index contributed by atoms with van der Waals surface area (Å²) in [5.74, 6) is -1.69. The van der Waals surface area contributed by atoms with E-state index in [0.29, 0.717) is 0 Å². The third-order valence-corrected chi connectivity index (χ3v) is 5.19. The molecule has 0 aromatic heterocycles. The highest BCUT2D eigenvalue weighted by atomic mass is 16.6. The second kappa shape index (κ2) is 18.2. The highest BCUT2D eigenvalue weighted by molar-refractivity contribution is 5.82. The number of hydrogen-bond acceptors (Lipinski definition) is 5. The van der Waals surface area contributed by atoms with Gasteiger partial charge in [-0.15, -0.1) is 0 Å². The summed E-state index contributed by atoms with van der Waals surface area (Å²) in [6.45, 7) is 7.22. The van der Waals surface area contributed by atoms with E-state index in [1.807, 2.05) is 0 Å². The van der Waals surface area contributed by atoms with Gasteiger partial charge < -0.3 is 14.6 Å². The molecule has 0 fully saturated rings. The normalized spacial score (nSPS) is 13.1. The smallest absolute Gasteiger partial charge is 0.347 e. The van der Waals surface area contributed by atoms with Crippen LogP contribution in [0.15, 0.2) is 0 Å². The minimum absolute atomic E-state index is 0.267. The molecule has 0 aromatic rings. The Morgan fingerprint density at radius 2 is 1.07 bits per heavy atom. The Kier molecular flexibility index (Phi) is 17.2. The minimum Gasteiger partial charge on any atom is -0.479 e. The summed E-state index contributed by atoms with van der Waals surface area (Å²) in [4.78, 5) is 34.1. The van der Waals surface area contributed by atoms with Gasteiger partial charge in [0.2, 0.25) is 0 Å². The molecule has 176 valence electrons. The number of ether oxygens (including phenoxy) is 2. The molecule has 0 radical (unpaired) electrons. The fourth-order valence-electron chi connectivity index (χ4n) is 3.21. The van der Waals surface area contributed by atoms with E-state index in [9.17, 15) is 14.4 Å². The van der Waals surface area contributed by atoms with Crippen molar-refractivity contribution in [1.82, 2.24) is 0 Å². The van der Waals surface area contributed by atoms with Gasteiger partial charge in [-0.25, -0.2) is 9.59 Å². The quantitative estimate of drug-likeness (QED) is 0.199. The zero-order valence-corrected chi connectivity index (χ0v) is 19.6. The van der Waals surface area contributed by atoms with Gasteiger partial charge in [-0.3, -0.25) is 4.79 Å². The minimum atomic E-state index is -1.26. The van der Waals surface area contributed by atoms with Gasteiger partial charge in [0.05, 0.1) is 0 Å². The van der Waals surface area contributed by atoms with Crippen molar-refractivity contribution >= 4 is 17.9 Å². The summed E-state index contributed by atoms with van der Waals surface area (Å²) in [7, 11) is 0. The monoisotopic (exact) mass is 428 g/mol. The standard InChI is InChI=1S/C24H44O6/c1-19(2)17-15-13-11-9-7-5-6-8-10-12-14-16-18-22(25)29-21(4)24(28)30-20(3)23(26)27/h19-21H,5-18H2,1-4H3,(H,26,27)/t20-,21+/m1/s1. The molecule has 0 saturated carbocycles. The second-order valence-electron chi connectivity index (χ2n) is 8.72. The molecule has 0 unspecified atom stereocenters. The number of hydrogen-bond donors (Lipinski definition) is 1. The molecule has 0 rings (SSSR count). The number of carboxylic acids is 1. The van der Waals surface area contributed by atoms with E-state index < -0.39 is 30.1 Å². The van der Waals surface area contributed by atoms with Crippen LogP contribution in [0.4, 0.5) is 0 Å². The number of unbranched alkanes of at least 4 members (excludes halogenated alkanes) is 11. The van der Waals surface area contributed by atoms with Crippen molar-refractivity contribution in [2.24, 2.45) is 5.92 Å². The van der Waals surface area contributed by atoms with Crippen LogP contribution in [0.25, 0.3) is 0 Å². The molecule has 0 bridgehead atoms. The third kappa shape index (κ3) is 17.3. The summed E-state index contributed by atoms with van der Waals surface area (Å²) < 4.78 is 9.69. The number of carbonyl (C=O) groups is 3. The van der Waals surface area contributed by atoms with E-state index in [1.165, 1.54) is 78.1 Å². The summed E-state index contributed by atoms with van der Waals surface area (Å²) in [5.41, 5.74) is 0. The largest absolute Gasteiger partial charge is 0.479 e. The van der Waals surface area contributed by atoms with Crippen molar-refractivity contribution < 1.29 is 29.0 Å². The van der Waals surface area contributed by atoms with Gasteiger partial charge in [-0.1, -0.05) is 90.9 Å². The number of esters is 2. The molecular weight excluding hydrogens is 384 g/mol. The Hall–Kier alpha value is -1.59. The average molecular weight is 429 g/mol. The Morgan fingerprint density at radius 3 is 1.50 bits per heavy atom. The van der Waals surface area contributed by atoms with E-state index in [-0.39, 0.29) is 6.42 Å². The molecule has 0 aliphatic rings. The van der Waals surface area contributed by atoms with Crippen LogP contribution < -0.4 is 0 Å². The molecule has 2 atom stereocenters. The van der Waals surface area contributed by atoms with E-state index in [1.54, 1.807) is 0 Å². The Bertz CT molecular complexity index is 474. The van der Waals surface area contributed by atoms with Gasteiger partial charge in [0.15, 0.2) is 12.2 Å². The molecule has 0 saturated heterocycles. The Labute approximate surface area is 183 Å². The highest BCUT2D eigenvalue weighted by Crippen LogP contribution is 2.14. The number of carboxylic acid groups (broad SMARTS) is 1. The highest BCUT2D eigenvalue weighted by Gasteiger charge is 2.23. The average Bonchev–Trinajstić information content (AvgIpc) is 2.67. The molecule has 6 nitrogen and oxygen atoms in total. The summed E-state index contributed by atoms with van der Waals surface area (Å²) in [6.07, 6.45) is 14.0. The van der Waals surface area contributed by atoms with Crippen molar-refractivity contribution in [3.8, 4) is 0 Å². The fourth-order valence-corrected chi connectivity index (χ4v) is 3.21. The van der Waals surface area contributed by atoms with Gasteiger partial charge in [0.1, 0.15) is 0 Å². The maximum Gasteiger partial charge on any atom is 0.347 e. The van der Waals surface area contributed by atoms with E-state index in [4.69, 9.17) is 9.84 Å². The maximum absolute atomic E-state index is 11.8. The molecule has 0 aliphatic heterocycles. The summed E-state index contributed by atoms with van der Waals surface area (Å²) in [5, 5.41) is 8.71. The lowest BCUT2D eigenvalue weighted by Gasteiger charge is -2.14. The first-order chi connectivity index (χ1) is 14.2. The van der Waals surface area contributed by atoms with Crippen LogP contribution in [0, 0.1) is 5.92 Å². The topological polar surface area (TPSA) is 89.9 Å². The summed E-state index contributed by atoms with van der Waals surface area (Å²) >= 11 is 0. The third-order valence-electron chi connectivity index (χ3n) is 5.19. The van der Waals surface area contributed by atoms with Crippen LogP contribution >= 0.6 is 0 Å². The van der Waals surface area contributed by atoms with Crippen molar-refractivity contribution in [3.63, 3.8) is 0 Å². The van der Waals surface area contributed by atoms with Crippen LogP contribution in [0.2, 0.25) is 0 Å². The maximum atomic E-state index is 11.8. The number of carbonyl (C=O) groups excluding carboxylic acids is 2. The molecule has 0 heterocycles. The van der Waals surface area contributed by atoms with Gasteiger partial charge in [0, 0.05) is 6.42 Å². The van der Waals surface area contributed by atoms with Crippen molar-refractivity contribution in [2.45, 2.75) is 130 Å². The second-order valence-corrected chi connectivity index (χ2v) is 8.72. The SMILES string of the molecule is CC(C)CCCCCCCCCCCCCCC(=O)O[C@@H](C)C(=O)O[C@H](C)C(=O)O.